The third kappa shape index (κ3) is 4.75. The molecule has 2 N–H and O–H groups in total. The second-order valence-electron chi connectivity index (χ2n) is 5.45. The van der Waals surface area contributed by atoms with E-state index in [9.17, 15) is 13.6 Å². The molecule has 0 spiro atoms. The summed E-state index contributed by atoms with van der Waals surface area (Å²) < 4.78 is 25.9. The van der Waals surface area contributed by atoms with Crippen molar-refractivity contribution in [1.29, 1.82) is 0 Å². The SMILES string of the molecule is CNCC1CCN(CC(=O)Nc2ccc(F)c(F)c2)CC1. The van der Waals surface area contributed by atoms with E-state index < -0.39 is 11.6 Å². The van der Waals surface area contributed by atoms with Crippen molar-refractivity contribution in [3.8, 4) is 0 Å². The van der Waals surface area contributed by atoms with Gasteiger partial charge in [0.2, 0.25) is 5.91 Å². The molecule has 0 saturated carbocycles. The predicted molar refractivity (Wildman–Crippen MR) is 78.1 cm³/mol. The summed E-state index contributed by atoms with van der Waals surface area (Å²) in [4.78, 5) is 14.0. The van der Waals surface area contributed by atoms with Gasteiger partial charge >= 0.3 is 0 Å². The standard InChI is InChI=1S/C15H21F2N3O/c1-18-9-11-4-6-20(7-5-11)10-15(21)19-12-2-3-13(16)14(17)8-12/h2-3,8,11,18H,4-7,9-10H2,1H3,(H,19,21). The van der Waals surface area contributed by atoms with Crippen LogP contribution in [0.15, 0.2) is 18.2 Å². The van der Waals surface area contributed by atoms with Gasteiger partial charge in [0.15, 0.2) is 11.6 Å². The highest BCUT2D eigenvalue weighted by Gasteiger charge is 2.20. The number of benzene rings is 1. The Hall–Kier alpha value is -1.53. The number of likely N-dealkylation sites (tertiary alicyclic amines) is 1. The van der Waals surface area contributed by atoms with Crippen molar-refractivity contribution in [2.45, 2.75) is 12.8 Å². The number of carbonyl (C=O) groups excluding carboxylic acids is 1. The minimum Gasteiger partial charge on any atom is -0.325 e. The second-order valence-corrected chi connectivity index (χ2v) is 5.45. The highest BCUT2D eigenvalue weighted by atomic mass is 19.2. The molecule has 0 aliphatic carbocycles. The van der Waals surface area contributed by atoms with Gasteiger partial charge in [-0.25, -0.2) is 8.78 Å². The van der Waals surface area contributed by atoms with Gasteiger partial charge in [-0.1, -0.05) is 0 Å². The summed E-state index contributed by atoms with van der Waals surface area (Å²) in [5.74, 6) is -1.41. The average molecular weight is 297 g/mol. The molecular weight excluding hydrogens is 276 g/mol. The molecule has 1 saturated heterocycles. The molecule has 2 rings (SSSR count). The van der Waals surface area contributed by atoms with E-state index in [-0.39, 0.29) is 18.1 Å². The summed E-state index contributed by atoms with van der Waals surface area (Å²) in [6.45, 7) is 3.06. The van der Waals surface area contributed by atoms with Gasteiger partial charge in [0, 0.05) is 11.8 Å². The number of hydrogen-bond donors (Lipinski definition) is 2. The highest BCUT2D eigenvalue weighted by Crippen LogP contribution is 2.17. The summed E-state index contributed by atoms with van der Waals surface area (Å²) in [5.41, 5.74) is 0.281. The molecule has 0 atom stereocenters. The predicted octanol–water partition coefficient (Wildman–Crippen LogP) is 1.83. The van der Waals surface area contributed by atoms with E-state index in [1.807, 2.05) is 7.05 Å². The lowest BCUT2D eigenvalue weighted by atomic mass is 9.97. The van der Waals surface area contributed by atoms with E-state index in [1.165, 1.54) is 6.07 Å². The molecule has 1 aliphatic rings. The quantitative estimate of drug-likeness (QED) is 0.871. The maximum absolute atomic E-state index is 13.1. The first-order valence-corrected chi connectivity index (χ1v) is 7.20. The van der Waals surface area contributed by atoms with Gasteiger partial charge < -0.3 is 10.6 Å². The number of anilines is 1. The van der Waals surface area contributed by atoms with Gasteiger partial charge in [-0.05, 0) is 57.6 Å². The molecule has 1 amide bonds. The van der Waals surface area contributed by atoms with Crippen LogP contribution in [0.1, 0.15) is 12.8 Å². The molecule has 1 aromatic rings. The van der Waals surface area contributed by atoms with Crippen LogP contribution < -0.4 is 10.6 Å². The second kappa shape index (κ2) is 7.47. The Bertz CT molecular complexity index is 488. The largest absolute Gasteiger partial charge is 0.325 e. The van der Waals surface area contributed by atoms with Crippen molar-refractivity contribution >= 4 is 11.6 Å². The number of nitrogens with zero attached hydrogens (tertiary/aromatic N) is 1. The van der Waals surface area contributed by atoms with Gasteiger partial charge in [0.1, 0.15) is 0 Å². The van der Waals surface area contributed by atoms with E-state index in [1.54, 1.807) is 0 Å². The van der Waals surface area contributed by atoms with Crippen molar-refractivity contribution in [1.82, 2.24) is 10.2 Å². The Morgan fingerprint density at radius 2 is 2.00 bits per heavy atom. The summed E-state index contributed by atoms with van der Waals surface area (Å²) in [6.07, 6.45) is 2.14. The number of rotatable bonds is 5. The normalized spacial score (nSPS) is 16.9. The fourth-order valence-corrected chi connectivity index (χ4v) is 2.61. The van der Waals surface area contributed by atoms with Gasteiger partial charge in [-0.3, -0.25) is 9.69 Å². The molecule has 4 nitrogen and oxygen atoms in total. The highest BCUT2D eigenvalue weighted by molar-refractivity contribution is 5.92. The minimum absolute atomic E-state index is 0.201. The molecule has 21 heavy (non-hydrogen) atoms. The summed E-state index contributed by atoms with van der Waals surface area (Å²) in [6, 6.07) is 3.36. The van der Waals surface area contributed by atoms with Crippen LogP contribution in [-0.4, -0.2) is 44.0 Å². The van der Waals surface area contributed by atoms with E-state index in [4.69, 9.17) is 0 Å². The number of amides is 1. The fraction of sp³-hybridized carbons (Fsp3) is 0.533. The monoisotopic (exact) mass is 297 g/mol. The van der Waals surface area contributed by atoms with Crippen LogP contribution >= 0.6 is 0 Å². The van der Waals surface area contributed by atoms with Crippen molar-refractivity contribution in [3.05, 3.63) is 29.8 Å². The molecule has 0 unspecified atom stereocenters. The summed E-state index contributed by atoms with van der Waals surface area (Å²) in [5, 5.41) is 5.77. The van der Waals surface area contributed by atoms with Crippen molar-refractivity contribution in [2.24, 2.45) is 5.92 Å². The Kier molecular flexibility index (Phi) is 5.64. The van der Waals surface area contributed by atoms with E-state index in [0.717, 1.165) is 44.6 Å². The minimum atomic E-state index is -0.958. The molecule has 1 aromatic carbocycles. The summed E-state index contributed by atoms with van der Waals surface area (Å²) in [7, 11) is 1.95. The van der Waals surface area contributed by atoms with E-state index >= 15 is 0 Å². The third-order valence-corrected chi connectivity index (χ3v) is 3.77. The topological polar surface area (TPSA) is 44.4 Å². The zero-order chi connectivity index (χ0) is 15.2. The first-order chi connectivity index (χ1) is 10.1. The van der Waals surface area contributed by atoms with Gasteiger partial charge in [0.05, 0.1) is 6.54 Å². The van der Waals surface area contributed by atoms with Crippen LogP contribution in [-0.2, 0) is 4.79 Å². The maximum Gasteiger partial charge on any atom is 0.238 e. The molecular formula is C15H21F2N3O. The molecule has 1 heterocycles. The molecule has 1 fully saturated rings. The van der Waals surface area contributed by atoms with E-state index in [2.05, 4.69) is 15.5 Å². The first kappa shape index (κ1) is 15.9. The maximum atomic E-state index is 13.1. The number of nitrogens with one attached hydrogen (secondary N) is 2. The van der Waals surface area contributed by atoms with Crippen LogP contribution in [0, 0.1) is 17.6 Å². The number of carbonyl (C=O) groups is 1. The number of halogens is 2. The Morgan fingerprint density at radius 1 is 1.29 bits per heavy atom. The first-order valence-electron chi connectivity index (χ1n) is 7.20. The fourth-order valence-electron chi connectivity index (χ4n) is 2.61. The lowest BCUT2D eigenvalue weighted by molar-refractivity contribution is -0.117. The number of hydrogen-bond acceptors (Lipinski definition) is 3. The molecule has 0 aromatic heterocycles. The molecule has 0 bridgehead atoms. The van der Waals surface area contributed by atoms with E-state index in [0.29, 0.717) is 5.92 Å². The molecule has 116 valence electrons. The van der Waals surface area contributed by atoms with Crippen LogP contribution in [0.25, 0.3) is 0 Å². The lowest BCUT2D eigenvalue weighted by Crippen LogP contribution is -2.40. The van der Waals surface area contributed by atoms with Gasteiger partial charge in [-0.2, -0.15) is 0 Å². The van der Waals surface area contributed by atoms with Gasteiger partial charge in [-0.15, -0.1) is 0 Å². The van der Waals surface area contributed by atoms with Crippen molar-refractivity contribution < 1.29 is 13.6 Å². The zero-order valence-electron chi connectivity index (χ0n) is 12.2. The third-order valence-electron chi connectivity index (χ3n) is 3.77. The molecule has 0 radical (unpaired) electrons. The van der Waals surface area contributed by atoms with Crippen LogP contribution in [0.2, 0.25) is 0 Å². The lowest BCUT2D eigenvalue weighted by Gasteiger charge is -2.31. The Labute approximate surface area is 123 Å². The average Bonchev–Trinajstić information content (AvgIpc) is 2.45. The van der Waals surface area contributed by atoms with Crippen LogP contribution in [0.4, 0.5) is 14.5 Å². The summed E-state index contributed by atoms with van der Waals surface area (Å²) >= 11 is 0. The van der Waals surface area contributed by atoms with Crippen LogP contribution in [0.5, 0.6) is 0 Å². The van der Waals surface area contributed by atoms with Crippen molar-refractivity contribution in [2.75, 3.05) is 38.5 Å². The number of piperidine rings is 1. The van der Waals surface area contributed by atoms with Crippen LogP contribution in [0.3, 0.4) is 0 Å². The Balaban J connectivity index is 1.78. The smallest absolute Gasteiger partial charge is 0.238 e. The van der Waals surface area contributed by atoms with Gasteiger partial charge in [0.25, 0.3) is 0 Å². The van der Waals surface area contributed by atoms with Crippen molar-refractivity contribution in [3.63, 3.8) is 0 Å². The Morgan fingerprint density at radius 3 is 2.62 bits per heavy atom. The molecule has 6 heteroatoms. The zero-order valence-corrected chi connectivity index (χ0v) is 12.2. The molecule has 1 aliphatic heterocycles.